The zero-order valence-corrected chi connectivity index (χ0v) is 27.0. The quantitative estimate of drug-likeness (QED) is 0.302. The summed E-state index contributed by atoms with van der Waals surface area (Å²) in [5.41, 5.74) is 3.72. The second kappa shape index (κ2) is 6.53. The van der Waals surface area contributed by atoms with Crippen molar-refractivity contribution in [1.82, 2.24) is 0 Å². The molecule has 0 saturated heterocycles. The van der Waals surface area contributed by atoms with Gasteiger partial charge < -0.3 is 0 Å². The van der Waals surface area contributed by atoms with Crippen LogP contribution in [0.1, 0.15) is 150 Å². The standard InChI is InChI=1S/C41H54/c1-9-35-14-30(4)12-31(5,15-35)19-38(18-30,26-35)39-20-32(6)13-33(7,21-39)23-40(22-32,29-39)41-24-34(8)16-36(10-2,27-41)25-37(11-3,17-34)28-41/h1-3H,12-29H2,4-8H3. The Bertz CT molecular complexity index is 1350. The van der Waals surface area contributed by atoms with Gasteiger partial charge in [-0.15, -0.1) is 19.3 Å². The molecule has 0 nitrogen and oxygen atoms in total. The van der Waals surface area contributed by atoms with Crippen LogP contribution in [0.5, 0.6) is 0 Å². The Labute approximate surface area is 251 Å². The molecule has 6 atom stereocenters. The molecule has 12 fully saturated rings. The normalized spacial score (nSPS) is 67.5. The van der Waals surface area contributed by atoms with Gasteiger partial charge in [0.05, 0.1) is 0 Å². The lowest BCUT2D eigenvalue weighted by molar-refractivity contribution is -0.329. The lowest BCUT2D eigenvalue weighted by Gasteiger charge is -2.83. The van der Waals surface area contributed by atoms with Gasteiger partial charge in [-0.2, -0.15) is 0 Å². The van der Waals surface area contributed by atoms with Crippen LogP contribution in [0.25, 0.3) is 0 Å². The zero-order valence-electron chi connectivity index (χ0n) is 27.0. The molecule has 12 rings (SSSR count). The summed E-state index contributed by atoms with van der Waals surface area (Å²) in [5.74, 6) is 10.5. The third-order valence-electron chi connectivity index (χ3n) is 16.7. The van der Waals surface area contributed by atoms with Gasteiger partial charge in [0, 0.05) is 16.2 Å². The highest BCUT2D eigenvalue weighted by Gasteiger charge is 2.80. The molecule has 0 amide bonds. The number of hydrogen-bond acceptors (Lipinski definition) is 0. The van der Waals surface area contributed by atoms with E-state index in [1.165, 1.54) is 109 Å². The van der Waals surface area contributed by atoms with E-state index in [0.29, 0.717) is 48.7 Å². The number of terminal acetylenes is 3. The van der Waals surface area contributed by atoms with Crippen molar-refractivity contribution >= 4 is 0 Å². The van der Waals surface area contributed by atoms with E-state index in [1.54, 1.807) is 0 Å². The molecule has 0 spiro atoms. The van der Waals surface area contributed by atoms with E-state index in [0.717, 1.165) is 6.42 Å². The van der Waals surface area contributed by atoms with E-state index in [1.807, 2.05) is 0 Å². The van der Waals surface area contributed by atoms with Crippen LogP contribution in [0.3, 0.4) is 0 Å². The van der Waals surface area contributed by atoms with Gasteiger partial charge in [0.25, 0.3) is 0 Å². The topological polar surface area (TPSA) is 0 Å². The van der Waals surface area contributed by atoms with E-state index in [4.69, 9.17) is 19.3 Å². The van der Waals surface area contributed by atoms with Gasteiger partial charge in [-0.25, -0.2) is 0 Å². The van der Waals surface area contributed by atoms with Gasteiger partial charge in [-0.3, -0.25) is 0 Å². The van der Waals surface area contributed by atoms with Crippen LogP contribution < -0.4 is 0 Å². The zero-order chi connectivity index (χ0) is 28.8. The molecule has 12 aliphatic carbocycles. The highest BCUT2D eigenvalue weighted by Crippen LogP contribution is 2.89. The molecule has 0 N–H and O–H groups in total. The summed E-state index contributed by atoms with van der Waals surface area (Å²) in [6, 6.07) is 0. The van der Waals surface area contributed by atoms with Crippen LogP contribution in [0.2, 0.25) is 0 Å². The summed E-state index contributed by atoms with van der Waals surface area (Å²) in [6.07, 6.45) is 43.9. The van der Waals surface area contributed by atoms with Crippen LogP contribution in [0, 0.1) is 102 Å². The SMILES string of the molecule is C#CC12CC3(C)CC(C)(C1)CC(C14CC5(C)CC(C)(C1)CC(C16CC7(C)CC(C#C)(CC(C#C)(C7)C1)C6)(C5)C4)(C3)C2. The molecule has 0 aromatic rings. The predicted octanol–water partition coefficient (Wildman–Crippen LogP) is 9.97. The molecule has 0 aromatic heterocycles. The van der Waals surface area contributed by atoms with Crippen molar-refractivity contribution in [3.63, 3.8) is 0 Å². The molecular weight excluding hydrogens is 492 g/mol. The van der Waals surface area contributed by atoms with E-state index in [9.17, 15) is 0 Å². The average molecular weight is 547 g/mol. The fourth-order valence-corrected chi connectivity index (χ4v) is 19.2. The molecule has 12 aliphatic rings. The number of rotatable bonds is 2. The summed E-state index contributed by atoms with van der Waals surface area (Å²) >= 11 is 0. The van der Waals surface area contributed by atoms with Crippen LogP contribution in [0.4, 0.5) is 0 Å². The maximum atomic E-state index is 6.56. The first kappa shape index (κ1) is 26.1. The third kappa shape index (κ3) is 2.91. The van der Waals surface area contributed by atoms with Crippen LogP contribution in [-0.4, -0.2) is 0 Å². The predicted molar refractivity (Wildman–Crippen MR) is 167 cm³/mol. The Balaban J connectivity index is 1.24. The summed E-state index contributed by atoms with van der Waals surface area (Å²) in [4.78, 5) is 0. The lowest BCUT2D eigenvalue weighted by atomic mass is 9.21. The van der Waals surface area contributed by atoms with Gasteiger partial charge in [0.1, 0.15) is 0 Å². The average Bonchev–Trinajstić information content (AvgIpc) is 2.78. The molecule has 218 valence electrons. The van der Waals surface area contributed by atoms with Crippen molar-refractivity contribution in [2.45, 2.75) is 150 Å². The van der Waals surface area contributed by atoms with Crippen molar-refractivity contribution < 1.29 is 0 Å². The van der Waals surface area contributed by atoms with Crippen LogP contribution in [0.15, 0.2) is 0 Å². The molecule has 0 aromatic carbocycles. The van der Waals surface area contributed by atoms with Crippen molar-refractivity contribution in [2.75, 3.05) is 0 Å². The maximum absolute atomic E-state index is 6.56. The van der Waals surface area contributed by atoms with Crippen molar-refractivity contribution in [2.24, 2.45) is 65.0 Å². The molecule has 12 saturated carbocycles. The second-order valence-electron chi connectivity index (χ2n) is 21.6. The van der Waals surface area contributed by atoms with Crippen molar-refractivity contribution in [3.8, 4) is 37.0 Å². The van der Waals surface area contributed by atoms with E-state index < -0.39 is 0 Å². The first-order chi connectivity index (χ1) is 18.9. The van der Waals surface area contributed by atoms with Gasteiger partial charge in [-0.1, -0.05) is 52.4 Å². The first-order valence-corrected chi connectivity index (χ1v) is 17.3. The fraction of sp³-hybridized carbons (Fsp3) is 0.854. The third-order valence-corrected chi connectivity index (χ3v) is 16.7. The lowest BCUT2D eigenvalue weighted by Crippen LogP contribution is -2.74. The Hall–Kier alpha value is -1.32. The minimum absolute atomic E-state index is 0.0172. The van der Waals surface area contributed by atoms with Gasteiger partial charge in [0.2, 0.25) is 0 Å². The highest BCUT2D eigenvalue weighted by molar-refractivity contribution is 5.35. The summed E-state index contributed by atoms with van der Waals surface area (Å²) < 4.78 is 0. The smallest absolute Gasteiger partial charge is 0.0337 e. The van der Waals surface area contributed by atoms with Crippen LogP contribution in [-0.2, 0) is 0 Å². The fourth-order valence-electron chi connectivity index (χ4n) is 19.2. The molecule has 0 heterocycles. The second-order valence-corrected chi connectivity index (χ2v) is 21.6. The van der Waals surface area contributed by atoms with E-state index in [2.05, 4.69) is 52.4 Å². The monoisotopic (exact) mass is 546 g/mol. The summed E-state index contributed by atoms with van der Waals surface area (Å²) in [6.45, 7) is 13.4. The molecule has 0 aliphatic heterocycles. The molecular formula is C41H54. The maximum Gasteiger partial charge on any atom is 0.0337 e. The Morgan fingerprint density at radius 3 is 0.878 bits per heavy atom. The van der Waals surface area contributed by atoms with Crippen molar-refractivity contribution in [3.05, 3.63) is 0 Å². The Kier molecular flexibility index (Phi) is 4.16. The molecule has 0 heteroatoms. The molecule has 41 heavy (non-hydrogen) atoms. The van der Waals surface area contributed by atoms with Gasteiger partial charge >= 0.3 is 0 Å². The number of hydrogen-bond donors (Lipinski definition) is 0. The Morgan fingerprint density at radius 2 is 0.537 bits per heavy atom. The highest BCUT2D eigenvalue weighted by atomic mass is 14.8. The van der Waals surface area contributed by atoms with Gasteiger partial charge in [-0.05, 0) is 164 Å². The first-order valence-electron chi connectivity index (χ1n) is 17.3. The minimum atomic E-state index is 0.0172. The van der Waals surface area contributed by atoms with Crippen LogP contribution >= 0.6 is 0 Å². The molecule has 0 radical (unpaired) electrons. The Morgan fingerprint density at radius 1 is 0.293 bits per heavy atom. The van der Waals surface area contributed by atoms with Crippen molar-refractivity contribution in [1.29, 1.82) is 0 Å². The van der Waals surface area contributed by atoms with Gasteiger partial charge in [0.15, 0.2) is 0 Å². The minimum Gasteiger partial charge on any atom is -0.120 e. The summed E-state index contributed by atoms with van der Waals surface area (Å²) in [7, 11) is 0. The summed E-state index contributed by atoms with van der Waals surface area (Å²) in [5, 5.41) is 0. The molecule has 12 bridgehead atoms. The molecule has 6 unspecified atom stereocenters. The largest absolute Gasteiger partial charge is 0.120 e. The van der Waals surface area contributed by atoms with E-state index in [-0.39, 0.29) is 16.2 Å². The van der Waals surface area contributed by atoms with E-state index >= 15 is 0 Å².